The quantitative estimate of drug-likeness (QED) is 0.927. The summed E-state index contributed by atoms with van der Waals surface area (Å²) in [7, 11) is 0. The van der Waals surface area contributed by atoms with Crippen molar-refractivity contribution in [2.24, 2.45) is 0 Å². The minimum atomic E-state index is -0.278. The summed E-state index contributed by atoms with van der Waals surface area (Å²) >= 11 is 1.76. The third-order valence-electron chi connectivity index (χ3n) is 4.40. The summed E-state index contributed by atoms with van der Waals surface area (Å²) in [5, 5.41) is 5.00. The molecule has 2 heterocycles. The van der Waals surface area contributed by atoms with Gasteiger partial charge in [0, 0.05) is 24.9 Å². The molecule has 0 saturated heterocycles. The van der Waals surface area contributed by atoms with Gasteiger partial charge in [0.05, 0.1) is 12.5 Å². The van der Waals surface area contributed by atoms with Gasteiger partial charge in [0.25, 0.3) is 0 Å². The third-order valence-corrected chi connectivity index (χ3v) is 5.42. The first-order valence-corrected chi connectivity index (χ1v) is 9.07. The smallest absolute Gasteiger partial charge is 0.225 e. The molecule has 0 spiro atoms. The Morgan fingerprint density at radius 2 is 2.00 bits per heavy atom. The van der Waals surface area contributed by atoms with Crippen molar-refractivity contribution in [3.63, 3.8) is 0 Å². The highest BCUT2D eigenvalue weighted by atomic mass is 32.1. The van der Waals surface area contributed by atoms with Crippen LogP contribution in [0.2, 0.25) is 0 Å². The van der Waals surface area contributed by atoms with Crippen LogP contribution in [0.25, 0.3) is 0 Å². The van der Waals surface area contributed by atoms with E-state index in [4.69, 9.17) is 0 Å². The predicted octanol–water partition coefficient (Wildman–Crippen LogP) is 3.21. The van der Waals surface area contributed by atoms with Gasteiger partial charge in [-0.3, -0.25) is 9.59 Å². The first-order chi connectivity index (χ1) is 11.5. The molecule has 1 aromatic carbocycles. The number of thiophene rings is 1. The summed E-state index contributed by atoms with van der Waals surface area (Å²) in [6.07, 6.45) is 1.22. The Hall–Kier alpha value is -2.14. The molecule has 0 fully saturated rings. The summed E-state index contributed by atoms with van der Waals surface area (Å²) in [5.41, 5.74) is 3.39. The van der Waals surface area contributed by atoms with E-state index in [-0.39, 0.29) is 17.9 Å². The van der Waals surface area contributed by atoms with Gasteiger partial charge in [-0.25, -0.2) is 0 Å². The molecule has 1 atom stereocenters. The summed E-state index contributed by atoms with van der Waals surface area (Å²) < 4.78 is 0. The molecule has 1 unspecified atom stereocenters. The zero-order valence-corrected chi connectivity index (χ0v) is 14.9. The molecule has 0 bridgehead atoms. The van der Waals surface area contributed by atoms with Crippen LogP contribution in [0.3, 0.4) is 0 Å². The number of amides is 2. The topological polar surface area (TPSA) is 49.4 Å². The molecule has 0 saturated carbocycles. The Kier molecular flexibility index (Phi) is 5.00. The van der Waals surface area contributed by atoms with Crippen LogP contribution >= 0.6 is 11.3 Å². The van der Waals surface area contributed by atoms with Gasteiger partial charge in [-0.05, 0) is 35.9 Å². The average Bonchev–Trinajstić information content (AvgIpc) is 3.02. The first-order valence-electron chi connectivity index (χ1n) is 8.19. The van der Waals surface area contributed by atoms with Crippen molar-refractivity contribution in [1.82, 2.24) is 10.2 Å². The second-order valence-corrected chi connectivity index (χ2v) is 7.30. The third kappa shape index (κ3) is 3.85. The van der Waals surface area contributed by atoms with Crippen LogP contribution in [0.1, 0.15) is 41.0 Å². The Balaban J connectivity index is 1.71. The molecule has 0 aliphatic carbocycles. The Bertz CT molecular complexity index is 736. The van der Waals surface area contributed by atoms with Crippen LogP contribution in [0.4, 0.5) is 0 Å². The van der Waals surface area contributed by atoms with Gasteiger partial charge in [0.1, 0.15) is 0 Å². The maximum atomic E-state index is 12.7. The van der Waals surface area contributed by atoms with Gasteiger partial charge in [0.2, 0.25) is 11.8 Å². The van der Waals surface area contributed by atoms with Crippen LogP contribution in [0.15, 0.2) is 35.7 Å². The number of hydrogen-bond acceptors (Lipinski definition) is 3. The average molecular weight is 342 g/mol. The SMILES string of the molecule is CC(=O)NC(CC(=O)N1CCc2sccc2C1)c1ccc(C)cc1. The lowest BCUT2D eigenvalue weighted by Gasteiger charge is -2.29. The molecule has 0 radical (unpaired) electrons. The van der Waals surface area contributed by atoms with Crippen LogP contribution in [-0.2, 0) is 22.6 Å². The van der Waals surface area contributed by atoms with Crippen molar-refractivity contribution < 1.29 is 9.59 Å². The number of fused-ring (bicyclic) bond motifs is 1. The molecule has 126 valence electrons. The van der Waals surface area contributed by atoms with E-state index in [9.17, 15) is 9.59 Å². The lowest BCUT2D eigenvalue weighted by molar-refractivity contribution is -0.133. The van der Waals surface area contributed by atoms with Gasteiger partial charge in [-0.2, -0.15) is 0 Å². The molecular formula is C19H22N2O2S. The Labute approximate surface area is 146 Å². The zero-order chi connectivity index (χ0) is 17.1. The number of aryl methyl sites for hydroxylation is 1. The lowest BCUT2D eigenvalue weighted by atomic mass is 10.0. The highest BCUT2D eigenvalue weighted by Crippen LogP contribution is 2.26. The van der Waals surface area contributed by atoms with E-state index < -0.39 is 0 Å². The number of benzene rings is 1. The molecule has 2 aromatic rings. The van der Waals surface area contributed by atoms with Crippen molar-refractivity contribution in [2.45, 2.75) is 39.3 Å². The second kappa shape index (κ2) is 7.18. The number of nitrogens with one attached hydrogen (secondary N) is 1. The molecule has 1 N–H and O–H groups in total. The molecule has 5 heteroatoms. The van der Waals surface area contributed by atoms with Crippen molar-refractivity contribution in [2.75, 3.05) is 6.54 Å². The molecule has 4 nitrogen and oxygen atoms in total. The van der Waals surface area contributed by atoms with Gasteiger partial charge in [0.15, 0.2) is 0 Å². The number of carbonyl (C=O) groups is 2. The summed E-state index contributed by atoms with van der Waals surface area (Å²) in [4.78, 5) is 27.6. The minimum absolute atomic E-state index is 0.0891. The number of carbonyl (C=O) groups excluding carboxylic acids is 2. The molecule has 1 aliphatic heterocycles. The van der Waals surface area contributed by atoms with Gasteiger partial charge in [-0.15, -0.1) is 11.3 Å². The van der Waals surface area contributed by atoms with Gasteiger partial charge in [-0.1, -0.05) is 29.8 Å². The van der Waals surface area contributed by atoms with Crippen molar-refractivity contribution in [1.29, 1.82) is 0 Å². The zero-order valence-electron chi connectivity index (χ0n) is 14.0. The monoisotopic (exact) mass is 342 g/mol. The molecule has 24 heavy (non-hydrogen) atoms. The van der Waals surface area contributed by atoms with E-state index in [0.29, 0.717) is 13.0 Å². The van der Waals surface area contributed by atoms with E-state index in [1.807, 2.05) is 36.1 Å². The van der Waals surface area contributed by atoms with Crippen molar-refractivity contribution in [3.8, 4) is 0 Å². The van der Waals surface area contributed by atoms with Gasteiger partial charge < -0.3 is 10.2 Å². The summed E-state index contributed by atoms with van der Waals surface area (Å²) in [6, 6.07) is 9.80. The maximum absolute atomic E-state index is 12.7. The highest BCUT2D eigenvalue weighted by molar-refractivity contribution is 7.10. The van der Waals surface area contributed by atoms with E-state index in [1.165, 1.54) is 17.4 Å². The standard InChI is InChI=1S/C19H22N2O2S/c1-13-3-5-15(6-4-13)17(20-14(2)22)11-19(23)21-9-7-18-16(12-21)8-10-24-18/h3-6,8,10,17H,7,9,11-12H2,1-2H3,(H,20,22). The molecule has 3 rings (SSSR count). The number of hydrogen-bond donors (Lipinski definition) is 1. The van der Waals surface area contributed by atoms with E-state index in [1.54, 1.807) is 11.3 Å². The van der Waals surface area contributed by atoms with Crippen LogP contribution in [-0.4, -0.2) is 23.3 Å². The molecule has 1 aliphatic rings. The highest BCUT2D eigenvalue weighted by Gasteiger charge is 2.25. The first kappa shape index (κ1) is 16.7. The Morgan fingerprint density at radius 1 is 1.25 bits per heavy atom. The van der Waals surface area contributed by atoms with Crippen LogP contribution in [0, 0.1) is 6.92 Å². The summed E-state index contributed by atoms with van der Waals surface area (Å²) in [5.74, 6) is -0.0293. The van der Waals surface area contributed by atoms with Crippen LogP contribution < -0.4 is 5.32 Å². The number of rotatable bonds is 4. The lowest BCUT2D eigenvalue weighted by Crippen LogP contribution is -2.38. The summed E-state index contributed by atoms with van der Waals surface area (Å²) in [6.45, 7) is 4.95. The predicted molar refractivity (Wildman–Crippen MR) is 95.8 cm³/mol. The molecule has 2 amide bonds. The van der Waals surface area contributed by atoms with E-state index in [2.05, 4.69) is 16.8 Å². The van der Waals surface area contributed by atoms with Gasteiger partial charge >= 0.3 is 0 Å². The largest absolute Gasteiger partial charge is 0.349 e. The number of nitrogens with zero attached hydrogens (tertiary/aromatic N) is 1. The minimum Gasteiger partial charge on any atom is -0.349 e. The fraction of sp³-hybridized carbons (Fsp3) is 0.368. The van der Waals surface area contributed by atoms with Crippen LogP contribution in [0.5, 0.6) is 0 Å². The van der Waals surface area contributed by atoms with Crippen molar-refractivity contribution in [3.05, 3.63) is 57.3 Å². The fourth-order valence-corrected chi connectivity index (χ4v) is 3.95. The normalized spacial score (nSPS) is 14.8. The van der Waals surface area contributed by atoms with E-state index >= 15 is 0 Å². The second-order valence-electron chi connectivity index (χ2n) is 6.30. The Morgan fingerprint density at radius 3 is 2.71 bits per heavy atom. The fourth-order valence-electron chi connectivity index (χ4n) is 3.06. The van der Waals surface area contributed by atoms with Crippen molar-refractivity contribution >= 4 is 23.2 Å². The molecule has 1 aromatic heterocycles. The maximum Gasteiger partial charge on any atom is 0.225 e. The molecular weight excluding hydrogens is 320 g/mol. The van der Waals surface area contributed by atoms with E-state index in [0.717, 1.165) is 24.1 Å².